The maximum absolute atomic E-state index is 11.2. The van der Waals surface area contributed by atoms with E-state index in [-0.39, 0.29) is 11.4 Å². The van der Waals surface area contributed by atoms with E-state index < -0.39 is 0 Å². The van der Waals surface area contributed by atoms with Gasteiger partial charge in [0.15, 0.2) is 0 Å². The van der Waals surface area contributed by atoms with Crippen molar-refractivity contribution in [3.05, 3.63) is 64.3 Å². The molecule has 3 nitrogen and oxygen atoms in total. The van der Waals surface area contributed by atoms with Crippen LogP contribution in [0.1, 0.15) is 77.3 Å². The number of allylic oxidation sites excluding steroid dienone is 6. The SMILES string of the molecule is CC(C)=CCCC(C=O)=CCCC(C)=CCC[C@]1(C)C=Cc2cc(O)cc(C)c2O1. The van der Waals surface area contributed by atoms with E-state index in [4.69, 9.17) is 4.74 Å². The number of carbonyl (C=O) groups is 1. The van der Waals surface area contributed by atoms with Gasteiger partial charge in [-0.1, -0.05) is 35.5 Å². The third-order valence-corrected chi connectivity index (χ3v) is 5.45. The second-order valence-electron chi connectivity index (χ2n) is 8.77. The van der Waals surface area contributed by atoms with E-state index in [2.05, 4.69) is 52.0 Å². The number of carbonyl (C=O) groups excluding carboxylic acids is 1. The Kier molecular flexibility index (Phi) is 8.71. The van der Waals surface area contributed by atoms with Gasteiger partial charge in [0.25, 0.3) is 0 Å². The standard InChI is InChI=1S/C27H36O3/c1-20(2)9-6-12-23(19-28)13-7-10-21(3)11-8-15-27(5)16-14-24-18-25(29)17-22(4)26(24)30-27/h9,11,13-14,16-19,29H,6-8,10,12,15H2,1-5H3/t27-/m1/s1. The summed E-state index contributed by atoms with van der Waals surface area (Å²) in [6, 6.07) is 3.48. The van der Waals surface area contributed by atoms with Crippen LogP contribution >= 0.6 is 0 Å². The third kappa shape index (κ3) is 7.37. The van der Waals surface area contributed by atoms with Gasteiger partial charge in [-0.25, -0.2) is 0 Å². The zero-order valence-corrected chi connectivity index (χ0v) is 19.1. The molecule has 0 bridgehead atoms. The average Bonchev–Trinajstić information content (AvgIpc) is 2.67. The maximum atomic E-state index is 11.2. The van der Waals surface area contributed by atoms with Gasteiger partial charge in [-0.05, 0) is 102 Å². The summed E-state index contributed by atoms with van der Waals surface area (Å²) in [5.41, 5.74) is 5.07. The van der Waals surface area contributed by atoms with Gasteiger partial charge in [0.1, 0.15) is 23.4 Å². The largest absolute Gasteiger partial charge is 0.508 e. The summed E-state index contributed by atoms with van der Waals surface area (Å²) in [7, 11) is 0. The summed E-state index contributed by atoms with van der Waals surface area (Å²) in [6.45, 7) is 10.4. The van der Waals surface area contributed by atoms with Gasteiger partial charge in [0.2, 0.25) is 0 Å². The number of benzene rings is 1. The van der Waals surface area contributed by atoms with Crippen LogP contribution in [-0.2, 0) is 4.79 Å². The molecule has 1 N–H and O–H groups in total. The molecule has 1 aromatic carbocycles. The molecule has 1 aliphatic rings. The molecule has 0 spiro atoms. The number of rotatable bonds is 10. The van der Waals surface area contributed by atoms with Crippen molar-refractivity contribution in [2.24, 2.45) is 0 Å². The Balaban J connectivity index is 1.84. The van der Waals surface area contributed by atoms with E-state index in [0.29, 0.717) is 0 Å². The third-order valence-electron chi connectivity index (χ3n) is 5.45. The van der Waals surface area contributed by atoms with Gasteiger partial charge in [-0.3, -0.25) is 4.79 Å². The van der Waals surface area contributed by atoms with Crippen LogP contribution in [0.25, 0.3) is 6.08 Å². The molecule has 0 aliphatic carbocycles. The number of aryl methyl sites for hydroxylation is 1. The van der Waals surface area contributed by atoms with E-state index in [1.54, 1.807) is 12.1 Å². The van der Waals surface area contributed by atoms with E-state index in [1.807, 2.05) is 13.0 Å². The minimum atomic E-state index is -0.346. The molecule has 0 aromatic heterocycles. The Morgan fingerprint density at radius 2 is 1.80 bits per heavy atom. The zero-order chi connectivity index (χ0) is 22.1. The average molecular weight is 409 g/mol. The Labute approximate surface area is 181 Å². The van der Waals surface area contributed by atoms with Gasteiger partial charge in [-0.2, -0.15) is 0 Å². The number of aldehydes is 1. The molecule has 30 heavy (non-hydrogen) atoms. The van der Waals surface area contributed by atoms with Crippen molar-refractivity contribution in [2.45, 2.75) is 78.7 Å². The number of ether oxygens (including phenoxy) is 1. The highest BCUT2D eigenvalue weighted by Gasteiger charge is 2.27. The summed E-state index contributed by atoms with van der Waals surface area (Å²) in [5, 5.41) is 9.76. The molecule has 0 saturated heterocycles. The molecular formula is C27H36O3. The Morgan fingerprint density at radius 3 is 2.50 bits per heavy atom. The van der Waals surface area contributed by atoms with Crippen molar-refractivity contribution >= 4 is 12.4 Å². The van der Waals surface area contributed by atoms with Crippen molar-refractivity contribution < 1.29 is 14.6 Å². The summed E-state index contributed by atoms with van der Waals surface area (Å²) in [5.74, 6) is 1.13. The van der Waals surface area contributed by atoms with Crippen molar-refractivity contribution in [1.29, 1.82) is 0 Å². The minimum Gasteiger partial charge on any atom is -0.508 e. The van der Waals surface area contributed by atoms with Crippen molar-refractivity contribution in [2.75, 3.05) is 0 Å². The van der Waals surface area contributed by atoms with Crippen molar-refractivity contribution in [3.8, 4) is 11.5 Å². The molecule has 2 rings (SSSR count). The van der Waals surface area contributed by atoms with Gasteiger partial charge in [-0.15, -0.1) is 0 Å². The number of phenolic OH excluding ortho intramolecular Hbond substituents is 1. The first-order valence-electron chi connectivity index (χ1n) is 10.9. The fourth-order valence-corrected chi connectivity index (χ4v) is 3.64. The lowest BCUT2D eigenvalue weighted by molar-refractivity contribution is -0.105. The molecule has 3 heteroatoms. The van der Waals surface area contributed by atoms with Crippen molar-refractivity contribution in [3.63, 3.8) is 0 Å². The first-order valence-corrected chi connectivity index (χ1v) is 10.9. The first-order chi connectivity index (χ1) is 14.2. The van der Waals surface area contributed by atoms with Gasteiger partial charge in [0.05, 0.1) is 0 Å². The van der Waals surface area contributed by atoms with Crippen LogP contribution in [0, 0.1) is 6.92 Å². The second kappa shape index (κ2) is 11.0. The number of aromatic hydroxyl groups is 1. The molecule has 0 radical (unpaired) electrons. The zero-order valence-electron chi connectivity index (χ0n) is 19.1. The maximum Gasteiger partial charge on any atom is 0.145 e. The fraction of sp³-hybridized carbons (Fsp3) is 0.444. The number of fused-ring (bicyclic) bond motifs is 1. The van der Waals surface area contributed by atoms with Crippen LogP contribution in [0.3, 0.4) is 0 Å². The highest BCUT2D eigenvalue weighted by Crippen LogP contribution is 2.38. The number of phenols is 1. The quantitative estimate of drug-likeness (QED) is 0.252. The van der Waals surface area contributed by atoms with Crippen LogP contribution < -0.4 is 4.74 Å². The predicted octanol–water partition coefficient (Wildman–Crippen LogP) is 7.24. The molecule has 0 saturated carbocycles. The Morgan fingerprint density at radius 1 is 1.07 bits per heavy atom. The Bertz CT molecular complexity index is 866. The van der Waals surface area contributed by atoms with Gasteiger partial charge >= 0.3 is 0 Å². The molecule has 0 amide bonds. The van der Waals surface area contributed by atoms with E-state index >= 15 is 0 Å². The Hall–Kier alpha value is -2.55. The molecule has 162 valence electrons. The summed E-state index contributed by atoms with van der Waals surface area (Å²) in [6.07, 6.45) is 17.1. The normalized spacial score (nSPS) is 18.6. The predicted molar refractivity (Wildman–Crippen MR) is 126 cm³/mol. The van der Waals surface area contributed by atoms with Crippen LogP contribution in [-0.4, -0.2) is 17.0 Å². The van der Waals surface area contributed by atoms with Gasteiger partial charge < -0.3 is 9.84 Å². The fourth-order valence-electron chi connectivity index (χ4n) is 3.64. The number of hydrogen-bond donors (Lipinski definition) is 1. The highest BCUT2D eigenvalue weighted by atomic mass is 16.5. The molecule has 1 heterocycles. The summed E-state index contributed by atoms with van der Waals surface area (Å²) in [4.78, 5) is 11.2. The van der Waals surface area contributed by atoms with Crippen molar-refractivity contribution in [1.82, 2.24) is 0 Å². The second-order valence-corrected chi connectivity index (χ2v) is 8.77. The number of hydrogen-bond acceptors (Lipinski definition) is 3. The first kappa shape index (κ1) is 23.7. The minimum absolute atomic E-state index is 0.269. The summed E-state index contributed by atoms with van der Waals surface area (Å²) < 4.78 is 6.29. The molecule has 0 unspecified atom stereocenters. The van der Waals surface area contributed by atoms with Crippen LogP contribution in [0.5, 0.6) is 11.5 Å². The summed E-state index contributed by atoms with van der Waals surface area (Å²) >= 11 is 0. The molecule has 1 aromatic rings. The lowest BCUT2D eigenvalue weighted by Crippen LogP contribution is -2.32. The molecular weight excluding hydrogens is 372 g/mol. The van der Waals surface area contributed by atoms with Crippen LogP contribution in [0.15, 0.2) is 53.2 Å². The highest BCUT2D eigenvalue weighted by molar-refractivity contribution is 5.73. The monoisotopic (exact) mass is 408 g/mol. The lowest BCUT2D eigenvalue weighted by atomic mass is 9.93. The van der Waals surface area contributed by atoms with Crippen LogP contribution in [0.4, 0.5) is 0 Å². The smallest absolute Gasteiger partial charge is 0.145 e. The van der Waals surface area contributed by atoms with Crippen LogP contribution in [0.2, 0.25) is 0 Å². The van der Waals surface area contributed by atoms with Gasteiger partial charge in [0, 0.05) is 5.56 Å². The van der Waals surface area contributed by atoms with E-state index in [1.165, 1.54) is 11.1 Å². The molecule has 1 aliphatic heterocycles. The molecule has 0 fully saturated rings. The van der Waals surface area contributed by atoms with E-state index in [0.717, 1.165) is 67.3 Å². The lowest BCUT2D eigenvalue weighted by Gasteiger charge is -2.32. The molecule has 1 atom stereocenters. The van der Waals surface area contributed by atoms with E-state index in [9.17, 15) is 9.90 Å². The topological polar surface area (TPSA) is 46.5 Å².